The number of hydrogen-bond donors (Lipinski definition) is 0. The normalized spacial score (nSPS) is 10.3. The van der Waals surface area contributed by atoms with Crippen LogP contribution in [0, 0.1) is 0 Å². The lowest BCUT2D eigenvalue weighted by Gasteiger charge is -2.10. The van der Waals surface area contributed by atoms with Gasteiger partial charge < -0.3 is 9.47 Å². The predicted molar refractivity (Wildman–Crippen MR) is 107 cm³/mol. The van der Waals surface area contributed by atoms with Crippen LogP contribution in [0.5, 0.6) is 5.75 Å². The highest BCUT2D eigenvalue weighted by atomic mass is 79.9. The third-order valence-corrected chi connectivity index (χ3v) is 4.36. The number of benzene rings is 3. The number of esters is 2. The Bertz CT molecular complexity index is 950. The smallest absolute Gasteiger partial charge is 0.343 e. The molecular formula is C22H17BrO4. The van der Waals surface area contributed by atoms with Crippen LogP contribution in [0.1, 0.15) is 27.6 Å². The van der Waals surface area contributed by atoms with E-state index in [9.17, 15) is 9.59 Å². The molecule has 0 spiro atoms. The van der Waals surface area contributed by atoms with Gasteiger partial charge in [0, 0.05) is 4.47 Å². The third-order valence-electron chi connectivity index (χ3n) is 3.87. The van der Waals surface area contributed by atoms with Gasteiger partial charge >= 0.3 is 11.9 Å². The maximum atomic E-state index is 12.5. The van der Waals surface area contributed by atoms with Crippen molar-refractivity contribution in [1.29, 1.82) is 0 Å². The molecule has 3 aromatic carbocycles. The van der Waals surface area contributed by atoms with Crippen molar-refractivity contribution in [2.75, 3.05) is 6.61 Å². The number of hydrogen-bond acceptors (Lipinski definition) is 4. The molecule has 0 amide bonds. The van der Waals surface area contributed by atoms with Crippen LogP contribution in [0.15, 0.2) is 77.3 Å². The Labute approximate surface area is 165 Å². The van der Waals surface area contributed by atoms with Crippen LogP contribution in [0.25, 0.3) is 11.1 Å². The van der Waals surface area contributed by atoms with Gasteiger partial charge in [0.1, 0.15) is 11.3 Å². The van der Waals surface area contributed by atoms with E-state index in [0.717, 1.165) is 11.1 Å². The van der Waals surface area contributed by atoms with E-state index in [1.165, 1.54) is 0 Å². The molecule has 0 aromatic heterocycles. The van der Waals surface area contributed by atoms with Crippen LogP contribution in [-0.4, -0.2) is 18.5 Å². The second-order valence-electron chi connectivity index (χ2n) is 5.69. The molecule has 0 heterocycles. The SMILES string of the molecule is CCOC(=O)c1cc(Br)ccc1OC(=O)c1ccc(-c2ccccc2)cc1. The molecule has 0 fully saturated rings. The molecule has 0 bridgehead atoms. The fourth-order valence-corrected chi connectivity index (χ4v) is 2.91. The zero-order chi connectivity index (χ0) is 19.2. The maximum absolute atomic E-state index is 12.5. The molecule has 0 radical (unpaired) electrons. The summed E-state index contributed by atoms with van der Waals surface area (Å²) in [4.78, 5) is 24.6. The fraction of sp³-hybridized carbons (Fsp3) is 0.0909. The number of ether oxygens (including phenoxy) is 2. The summed E-state index contributed by atoms with van der Waals surface area (Å²) in [7, 11) is 0. The molecule has 0 aliphatic rings. The Morgan fingerprint density at radius 3 is 2.19 bits per heavy atom. The van der Waals surface area contributed by atoms with Crippen LogP contribution in [0.4, 0.5) is 0 Å². The minimum atomic E-state index is -0.541. The van der Waals surface area contributed by atoms with E-state index in [1.54, 1.807) is 37.3 Å². The topological polar surface area (TPSA) is 52.6 Å². The summed E-state index contributed by atoms with van der Waals surface area (Å²) in [5.41, 5.74) is 2.66. The highest BCUT2D eigenvalue weighted by Crippen LogP contribution is 2.26. The van der Waals surface area contributed by atoms with Gasteiger partial charge in [-0.1, -0.05) is 58.4 Å². The van der Waals surface area contributed by atoms with Gasteiger partial charge in [-0.3, -0.25) is 0 Å². The predicted octanol–water partition coefficient (Wildman–Crippen LogP) is 5.51. The van der Waals surface area contributed by atoms with Gasteiger partial charge in [-0.2, -0.15) is 0 Å². The standard InChI is InChI=1S/C22H17BrO4/c1-2-26-22(25)19-14-18(23)12-13-20(19)27-21(24)17-10-8-16(9-11-17)15-6-4-3-5-7-15/h3-14H,2H2,1H3. The third kappa shape index (κ3) is 4.63. The quantitative estimate of drug-likeness (QED) is 0.400. The largest absolute Gasteiger partial charge is 0.462 e. The molecule has 0 aliphatic carbocycles. The molecule has 27 heavy (non-hydrogen) atoms. The second-order valence-corrected chi connectivity index (χ2v) is 6.61. The van der Waals surface area contributed by atoms with E-state index in [0.29, 0.717) is 10.0 Å². The molecule has 3 rings (SSSR count). The van der Waals surface area contributed by atoms with Crippen LogP contribution in [-0.2, 0) is 4.74 Å². The van der Waals surface area contributed by atoms with Crippen molar-refractivity contribution in [3.63, 3.8) is 0 Å². The summed E-state index contributed by atoms with van der Waals surface area (Å²) < 4.78 is 11.2. The summed E-state index contributed by atoms with van der Waals surface area (Å²) in [6.07, 6.45) is 0. The molecule has 3 aromatic rings. The van der Waals surface area contributed by atoms with Crippen molar-refractivity contribution in [1.82, 2.24) is 0 Å². The lowest BCUT2D eigenvalue weighted by atomic mass is 10.0. The van der Waals surface area contributed by atoms with E-state index in [1.807, 2.05) is 42.5 Å². The van der Waals surface area contributed by atoms with Gasteiger partial charge in [0.25, 0.3) is 0 Å². The molecule has 0 aliphatic heterocycles. The van der Waals surface area contributed by atoms with Crippen molar-refractivity contribution < 1.29 is 19.1 Å². The maximum Gasteiger partial charge on any atom is 0.343 e. The molecule has 0 N–H and O–H groups in total. The van der Waals surface area contributed by atoms with Gasteiger partial charge in [-0.05, 0) is 48.4 Å². The Hall–Kier alpha value is -2.92. The first-order valence-corrected chi connectivity index (χ1v) is 9.22. The highest BCUT2D eigenvalue weighted by molar-refractivity contribution is 9.10. The van der Waals surface area contributed by atoms with Gasteiger partial charge in [-0.15, -0.1) is 0 Å². The lowest BCUT2D eigenvalue weighted by molar-refractivity contribution is 0.0520. The van der Waals surface area contributed by atoms with Crippen molar-refractivity contribution in [2.24, 2.45) is 0 Å². The zero-order valence-electron chi connectivity index (χ0n) is 14.6. The van der Waals surface area contributed by atoms with Gasteiger partial charge in [0.05, 0.1) is 12.2 Å². The fourth-order valence-electron chi connectivity index (χ4n) is 2.55. The molecule has 0 atom stereocenters. The molecule has 5 heteroatoms. The van der Waals surface area contributed by atoms with Crippen molar-refractivity contribution in [2.45, 2.75) is 6.92 Å². The first kappa shape index (κ1) is 18.9. The number of halogens is 1. The van der Waals surface area contributed by atoms with E-state index in [4.69, 9.17) is 9.47 Å². The van der Waals surface area contributed by atoms with Gasteiger partial charge in [0.15, 0.2) is 0 Å². The summed E-state index contributed by atoms with van der Waals surface area (Å²) in [5, 5.41) is 0. The molecule has 4 nitrogen and oxygen atoms in total. The Morgan fingerprint density at radius 2 is 1.52 bits per heavy atom. The van der Waals surface area contributed by atoms with Gasteiger partial charge in [-0.25, -0.2) is 9.59 Å². The number of carbonyl (C=O) groups is 2. The lowest BCUT2D eigenvalue weighted by Crippen LogP contribution is -2.13. The highest BCUT2D eigenvalue weighted by Gasteiger charge is 2.18. The second kappa shape index (κ2) is 8.64. The zero-order valence-corrected chi connectivity index (χ0v) is 16.2. The Morgan fingerprint density at radius 1 is 0.852 bits per heavy atom. The van der Waals surface area contributed by atoms with E-state index < -0.39 is 11.9 Å². The first-order chi connectivity index (χ1) is 13.1. The average Bonchev–Trinajstić information content (AvgIpc) is 2.70. The van der Waals surface area contributed by atoms with Crippen LogP contribution in [0.2, 0.25) is 0 Å². The van der Waals surface area contributed by atoms with Crippen LogP contribution >= 0.6 is 15.9 Å². The molecule has 136 valence electrons. The molecule has 0 saturated carbocycles. The van der Waals surface area contributed by atoms with E-state index >= 15 is 0 Å². The molecular weight excluding hydrogens is 408 g/mol. The molecule has 0 saturated heterocycles. The molecule has 0 unspecified atom stereocenters. The monoisotopic (exact) mass is 424 g/mol. The number of carbonyl (C=O) groups excluding carboxylic acids is 2. The van der Waals surface area contributed by atoms with Crippen molar-refractivity contribution in [3.8, 4) is 16.9 Å². The van der Waals surface area contributed by atoms with Crippen LogP contribution < -0.4 is 4.74 Å². The van der Waals surface area contributed by atoms with E-state index in [2.05, 4.69) is 15.9 Å². The first-order valence-electron chi connectivity index (χ1n) is 8.43. The Balaban J connectivity index is 1.81. The average molecular weight is 425 g/mol. The summed E-state index contributed by atoms with van der Waals surface area (Å²) in [5.74, 6) is -0.919. The van der Waals surface area contributed by atoms with Crippen molar-refractivity contribution >= 4 is 27.9 Å². The minimum Gasteiger partial charge on any atom is -0.462 e. The summed E-state index contributed by atoms with van der Waals surface area (Å²) in [6.45, 7) is 1.95. The van der Waals surface area contributed by atoms with Crippen molar-refractivity contribution in [3.05, 3.63) is 88.4 Å². The summed E-state index contributed by atoms with van der Waals surface area (Å²) >= 11 is 3.31. The minimum absolute atomic E-state index is 0.161. The number of rotatable bonds is 5. The Kier molecular flexibility index (Phi) is 6.04. The van der Waals surface area contributed by atoms with Gasteiger partial charge in [0.2, 0.25) is 0 Å². The summed E-state index contributed by atoms with van der Waals surface area (Å²) in [6, 6.07) is 21.8. The van der Waals surface area contributed by atoms with Crippen LogP contribution in [0.3, 0.4) is 0 Å². The van der Waals surface area contributed by atoms with E-state index in [-0.39, 0.29) is 17.9 Å².